The van der Waals surface area contributed by atoms with E-state index < -0.39 is 17.7 Å². The lowest BCUT2D eigenvalue weighted by molar-refractivity contribution is 0.251. The fraction of sp³-hybridized carbons (Fsp3) is 0.208. The average molecular weight is 448 g/mol. The highest BCUT2D eigenvalue weighted by Crippen LogP contribution is 2.38. The standard InChI is InChI=1S/C24H22F2N6O/c1-13-23(14(2)31(3)30-13)17-8-19(26)20(9-18(17)25)29-24(33)28-11-22-16-7-5-4-6-15(16)21-10-27-12-32(21)22/h4-10,12,22H,11H2,1-3H3,(H2,28,29,33). The Morgan fingerprint density at radius 1 is 1.12 bits per heavy atom. The van der Waals surface area contributed by atoms with Crippen molar-refractivity contribution in [3.8, 4) is 22.4 Å². The summed E-state index contributed by atoms with van der Waals surface area (Å²) in [5.74, 6) is -1.37. The summed E-state index contributed by atoms with van der Waals surface area (Å²) in [6, 6.07) is 9.23. The number of nitrogens with zero attached hydrogens (tertiary/aromatic N) is 4. The normalized spacial score (nSPS) is 14.2. The van der Waals surface area contributed by atoms with Crippen LogP contribution in [0.1, 0.15) is 23.0 Å². The van der Waals surface area contributed by atoms with Gasteiger partial charge in [0.2, 0.25) is 0 Å². The molecule has 1 aliphatic heterocycles. The third kappa shape index (κ3) is 3.45. The number of hydrogen-bond acceptors (Lipinski definition) is 3. The van der Waals surface area contributed by atoms with Crippen LogP contribution < -0.4 is 10.6 Å². The quantitative estimate of drug-likeness (QED) is 0.480. The number of imidazole rings is 1. The molecule has 0 fully saturated rings. The van der Waals surface area contributed by atoms with Gasteiger partial charge in [-0.15, -0.1) is 0 Å². The van der Waals surface area contributed by atoms with Crippen molar-refractivity contribution in [1.29, 1.82) is 0 Å². The number of anilines is 1. The van der Waals surface area contributed by atoms with Gasteiger partial charge in [0.05, 0.1) is 35.6 Å². The number of fused-ring (bicyclic) bond motifs is 3. The second-order valence-electron chi connectivity index (χ2n) is 8.11. The summed E-state index contributed by atoms with van der Waals surface area (Å²) in [5.41, 5.74) is 4.84. The molecule has 33 heavy (non-hydrogen) atoms. The Kier molecular flexibility index (Phi) is 4.96. The number of amides is 2. The van der Waals surface area contributed by atoms with E-state index in [-0.39, 0.29) is 23.8 Å². The van der Waals surface area contributed by atoms with Gasteiger partial charge < -0.3 is 15.2 Å². The molecule has 9 heteroatoms. The zero-order valence-corrected chi connectivity index (χ0v) is 18.4. The summed E-state index contributed by atoms with van der Waals surface area (Å²) in [6.07, 6.45) is 3.50. The predicted molar refractivity (Wildman–Crippen MR) is 121 cm³/mol. The number of benzene rings is 2. The highest BCUT2D eigenvalue weighted by molar-refractivity contribution is 5.90. The molecule has 0 aliphatic carbocycles. The highest BCUT2D eigenvalue weighted by atomic mass is 19.1. The zero-order valence-electron chi connectivity index (χ0n) is 18.4. The molecular weight excluding hydrogens is 426 g/mol. The summed E-state index contributed by atoms with van der Waals surface area (Å²) < 4.78 is 33.3. The molecule has 0 radical (unpaired) electrons. The van der Waals surface area contributed by atoms with Crippen LogP contribution in [0, 0.1) is 25.5 Å². The molecule has 1 unspecified atom stereocenters. The number of hydrogen-bond donors (Lipinski definition) is 2. The maximum atomic E-state index is 14.9. The lowest BCUT2D eigenvalue weighted by atomic mass is 10.0. The molecule has 3 heterocycles. The third-order valence-corrected chi connectivity index (χ3v) is 6.14. The third-order valence-electron chi connectivity index (χ3n) is 6.14. The fourth-order valence-electron chi connectivity index (χ4n) is 4.49. The van der Waals surface area contributed by atoms with Gasteiger partial charge in [0.15, 0.2) is 0 Å². The van der Waals surface area contributed by atoms with E-state index in [2.05, 4.69) is 20.7 Å². The maximum Gasteiger partial charge on any atom is 0.319 e. The number of nitrogens with one attached hydrogen (secondary N) is 2. The van der Waals surface area contributed by atoms with Gasteiger partial charge in [0.1, 0.15) is 11.6 Å². The molecule has 1 atom stereocenters. The van der Waals surface area contributed by atoms with Crippen LogP contribution in [-0.4, -0.2) is 31.9 Å². The number of carbonyl (C=O) groups excluding carboxylic acids is 1. The molecule has 0 saturated carbocycles. The van der Waals surface area contributed by atoms with Crippen LogP contribution in [-0.2, 0) is 7.05 Å². The second-order valence-corrected chi connectivity index (χ2v) is 8.11. The predicted octanol–water partition coefficient (Wildman–Crippen LogP) is 4.57. The Bertz CT molecular complexity index is 1390. The number of halogens is 2. The van der Waals surface area contributed by atoms with E-state index >= 15 is 0 Å². The Hall–Kier alpha value is -4.01. The van der Waals surface area contributed by atoms with Crippen LogP contribution >= 0.6 is 0 Å². The summed E-state index contributed by atoms with van der Waals surface area (Å²) in [4.78, 5) is 16.7. The minimum atomic E-state index is -0.729. The first-order valence-electron chi connectivity index (χ1n) is 10.5. The van der Waals surface area contributed by atoms with Gasteiger partial charge in [-0.2, -0.15) is 5.10 Å². The van der Waals surface area contributed by atoms with Gasteiger partial charge in [0, 0.05) is 42.0 Å². The molecule has 4 aromatic rings. The van der Waals surface area contributed by atoms with Gasteiger partial charge in [-0.25, -0.2) is 18.6 Å². The van der Waals surface area contributed by atoms with E-state index in [9.17, 15) is 13.6 Å². The second kappa shape index (κ2) is 7.84. The number of aryl methyl sites for hydroxylation is 2. The number of rotatable bonds is 4. The summed E-state index contributed by atoms with van der Waals surface area (Å²) >= 11 is 0. The minimum absolute atomic E-state index is 0.108. The maximum absolute atomic E-state index is 14.9. The van der Waals surface area contributed by atoms with Crippen LogP contribution in [0.4, 0.5) is 19.3 Å². The Morgan fingerprint density at radius 3 is 2.67 bits per heavy atom. The number of urea groups is 1. The minimum Gasteiger partial charge on any atom is -0.335 e. The van der Waals surface area contributed by atoms with E-state index in [0.717, 1.165) is 34.6 Å². The van der Waals surface area contributed by atoms with E-state index in [1.807, 2.05) is 28.8 Å². The molecule has 168 valence electrons. The Balaban J connectivity index is 1.33. The van der Waals surface area contributed by atoms with Crippen LogP contribution in [0.25, 0.3) is 22.4 Å². The van der Waals surface area contributed by atoms with Crippen molar-refractivity contribution in [2.45, 2.75) is 19.9 Å². The van der Waals surface area contributed by atoms with Crippen LogP contribution in [0.3, 0.4) is 0 Å². The van der Waals surface area contributed by atoms with Crippen LogP contribution in [0.2, 0.25) is 0 Å². The molecular formula is C24H22F2N6O. The fourth-order valence-corrected chi connectivity index (χ4v) is 4.49. The van der Waals surface area contributed by atoms with Crippen molar-refractivity contribution in [3.05, 3.63) is 77.5 Å². The van der Waals surface area contributed by atoms with Crippen molar-refractivity contribution in [1.82, 2.24) is 24.6 Å². The highest BCUT2D eigenvalue weighted by Gasteiger charge is 2.28. The molecule has 2 aromatic heterocycles. The topological polar surface area (TPSA) is 76.8 Å². The monoisotopic (exact) mass is 448 g/mol. The molecule has 2 aromatic carbocycles. The Labute approximate surface area is 189 Å². The molecule has 5 rings (SSSR count). The van der Waals surface area contributed by atoms with Gasteiger partial charge >= 0.3 is 6.03 Å². The molecule has 0 saturated heterocycles. The number of aromatic nitrogens is 4. The first-order chi connectivity index (χ1) is 15.8. The smallest absolute Gasteiger partial charge is 0.319 e. The van der Waals surface area contributed by atoms with E-state index in [1.165, 1.54) is 0 Å². The van der Waals surface area contributed by atoms with Crippen LogP contribution in [0.15, 0.2) is 48.9 Å². The first kappa shape index (κ1) is 20.9. The largest absolute Gasteiger partial charge is 0.335 e. The zero-order chi connectivity index (χ0) is 23.3. The SMILES string of the molecule is Cc1nn(C)c(C)c1-c1cc(F)c(NC(=O)NCC2c3ccccc3-c3cncn32)cc1F. The van der Waals surface area contributed by atoms with E-state index in [4.69, 9.17) is 0 Å². The molecule has 2 amide bonds. The van der Waals surface area contributed by atoms with Crippen molar-refractivity contribution in [2.24, 2.45) is 7.05 Å². The molecule has 1 aliphatic rings. The summed E-state index contributed by atoms with van der Waals surface area (Å²) in [6.45, 7) is 3.80. The number of carbonyl (C=O) groups is 1. The van der Waals surface area contributed by atoms with Crippen molar-refractivity contribution in [3.63, 3.8) is 0 Å². The van der Waals surface area contributed by atoms with E-state index in [1.54, 1.807) is 38.1 Å². The van der Waals surface area contributed by atoms with Gasteiger partial charge in [-0.1, -0.05) is 24.3 Å². The average Bonchev–Trinajstić information content (AvgIpc) is 3.43. The molecule has 7 nitrogen and oxygen atoms in total. The van der Waals surface area contributed by atoms with Crippen molar-refractivity contribution in [2.75, 3.05) is 11.9 Å². The van der Waals surface area contributed by atoms with Gasteiger partial charge in [0.25, 0.3) is 0 Å². The Morgan fingerprint density at radius 2 is 1.91 bits per heavy atom. The van der Waals surface area contributed by atoms with E-state index in [0.29, 0.717) is 11.3 Å². The lowest BCUT2D eigenvalue weighted by Gasteiger charge is -2.16. The summed E-state index contributed by atoms with van der Waals surface area (Å²) in [7, 11) is 1.75. The van der Waals surface area contributed by atoms with Gasteiger partial charge in [-0.3, -0.25) is 4.68 Å². The lowest BCUT2D eigenvalue weighted by Crippen LogP contribution is -2.33. The van der Waals surface area contributed by atoms with Gasteiger partial charge in [-0.05, 0) is 25.5 Å². The van der Waals surface area contributed by atoms with Crippen molar-refractivity contribution < 1.29 is 13.6 Å². The summed E-state index contributed by atoms with van der Waals surface area (Å²) in [5, 5.41) is 9.44. The van der Waals surface area contributed by atoms with Crippen LogP contribution in [0.5, 0.6) is 0 Å². The van der Waals surface area contributed by atoms with Crippen molar-refractivity contribution >= 4 is 11.7 Å². The first-order valence-corrected chi connectivity index (χ1v) is 10.5. The molecule has 0 spiro atoms. The molecule has 2 N–H and O–H groups in total. The molecule has 0 bridgehead atoms.